The Hall–Kier alpha value is -3.77. The van der Waals surface area contributed by atoms with Crippen LogP contribution < -0.4 is 19.9 Å². The summed E-state index contributed by atoms with van der Waals surface area (Å²) in [7, 11) is 1.66. The Kier molecular flexibility index (Phi) is 6.96. The van der Waals surface area contributed by atoms with Gasteiger partial charge in [-0.2, -0.15) is 0 Å². The number of hydrogen-bond donors (Lipinski definition) is 1. The fourth-order valence-electron chi connectivity index (χ4n) is 4.86. The molecule has 1 aromatic heterocycles. The fourth-order valence-corrected chi connectivity index (χ4v) is 4.98. The van der Waals surface area contributed by atoms with Crippen molar-refractivity contribution >= 4 is 34.6 Å². The van der Waals surface area contributed by atoms with Crippen molar-refractivity contribution in [2.45, 2.75) is 25.9 Å². The Bertz CT molecular complexity index is 1300. The molecule has 5 rings (SSSR count). The lowest BCUT2D eigenvalue weighted by atomic mass is 10.1. The van der Waals surface area contributed by atoms with E-state index in [4.69, 9.17) is 26.3 Å². The summed E-state index contributed by atoms with van der Waals surface area (Å²) < 4.78 is 5.39. The smallest absolute Gasteiger partial charge is 0.163 e. The SMILES string of the molecule is COc1cccc(Nc2cc(N3CC(C)N(c4ccccc4)C(C)C3)nc(-c3ccc(Cl)cc3)n2)c1. The van der Waals surface area contributed by atoms with Crippen molar-refractivity contribution in [2.24, 2.45) is 0 Å². The first-order valence-electron chi connectivity index (χ1n) is 12.1. The second kappa shape index (κ2) is 10.5. The number of aromatic nitrogens is 2. The fraction of sp³-hybridized carbons (Fsp3) is 0.241. The Morgan fingerprint density at radius 3 is 2.28 bits per heavy atom. The molecule has 0 saturated carbocycles. The van der Waals surface area contributed by atoms with Gasteiger partial charge in [-0.3, -0.25) is 0 Å². The monoisotopic (exact) mass is 499 g/mol. The van der Waals surface area contributed by atoms with E-state index < -0.39 is 0 Å². The molecule has 1 aliphatic heterocycles. The van der Waals surface area contributed by atoms with Crippen LogP contribution in [0.3, 0.4) is 0 Å². The summed E-state index contributed by atoms with van der Waals surface area (Å²) in [4.78, 5) is 14.7. The van der Waals surface area contributed by atoms with Crippen molar-refractivity contribution in [2.75, 3.05) is 35.3 Å². The number of anilines is 4. The molecule has 1 fully saturated rings. The molecule has 2 unspecified atom stereocenters. The maximum absolute atomic E-state index is 6.14. The minimum absolute atomic E-state index is 0.319. The Labute approximate surface area is 217 Å². The number of rotatable bonds is 6. The molecule has 2 atom stereocenters. The Balaban J connectivity index is 1.48. The number of benzene rings is 3. The minimum atomic E-state index is 0.319. The number of halogens is 1. The Morgan fingerprint density at radius 2 is 1.58 bits per heavy atom. The van der Waals surface area contributed by atoms with Crippen LogP contribution in [0.1, 0.15) is 13.8 Å². The summed E-state index contributed by atoms with van der Waals surface area (Å²) >= 11 is 6.14. The van der Waals surface area contributed by atoms with Crippen LogP contribution in [0.25, 0.3) is 11.4 Å². The average Bonchev–Trinajstić information content (AvgIpc) is 2.89. The van der Waals surface area contributed by atoms with Crippen LogP contribution in [0.2, 0.25) is 5.02 Å². The van der Waals surface area contributed by atoms with Crippen molar-refractivity contribution in [3.63, 3.8) is 0 Å². The normalized spacial score (nSPS) is 17.7. The molecule has 6 nitrogen and oxygen atoms in total. The van der Waals surface area contributed by atoms with Crippen molar-refractivity contribution in [1.29, 1.82) is 0 Å². The second-order valence-corrected chi connectivity index (χ2v) is 9.58. The maximum atomic E-state index is 6.14. The lowest BCUT2D eigenvalue weighted by molar-refractivity contribution is 0.415. The van der Waals surface area contributed by atoms with E-state index in [1.807, 2.05) is 54.6 Å². The predicted molar refractivity (Wildman–Crippen MR) is 149 cm³/mol. The van der Waals surface area contributed by atoms with E-state index in [1.165, 1.54) is 5.69 Å². The van der Waals surface area contributed by atoms with Crippen molar-refractivity contribution in [1.82, 2.24) is 9.97 Å². The topological polar surface area (TPSA) is 53.5 Å². The quantitative estimate of drug-likeness (QED) is 0.320. The van der Waals surface area contributed by atoms with Crippen LogP contribution >= 0.6 is 11.6 Å². The van der Waals surface area contributed by atoms with Gasteiger partial charge in [0.2, 0.25) is 0 Å². The number of hydrogen-bond acceptors (Lipinski definition) is 6. The lowest BCUT2D eigenvalue weighted by Crippen LogP contribution is -2.57. The van der Waals surface area contributed by atoms with Crippen LogP contribution in [0.5, 0.6) is 5.75 Å². The van der Waals surface area contributed by atoms with Crippen LogP contribution in [0, 0.1) is 0 Å². The molecular formula is C29H30ClN5O. The highest BCUT2D eigenvalue weighted by molar-refractivity contribution is 6.30. The van der Waals surface area contributed by atoms with E-state index in [0.29, 0.717) is 22.9 Å². The predicted octanol–water partition coefficient (Wildman–Crippen LogP) is 6.65. The molecule has 36 heavy (non-hydrogen) atoms. The number of nitrogens with one attached hydrogen (secondary N) is 1. The van der Waals surface area contributed by atoms with Crippen molar-refractivity contribution in [3.05, 3.63) is 90.0 Å². The Morgan fingerprint density at radius 1 is 0.861 bits per heavy atom. The zero-order chi connectivity index (χ0) is 25.1. The van der Waals surface area contributed by atoms with Gasteiger partial charge in [0.05, 0.1) is 7.11 Å². The van der Waals surface area contributed by atoms with Gasteiger partial charge in [0, 0.05) is 59.3 Å². The number of para-hydroxylation sites is 1. The van der Waals surface area contributed by atoms with Crippen LogP contribution in [-0.4, -0.2) is 42.3 Å². The molecule has 1 saturated heterocycles. The number of methoxy groups -OCH3 is 1. The van der Waals surface area contributed by atoms with E-state index in [9.17, 15) is 0 Å². The molecule has 4 aromatic rings. The second-order valence-electron chi connectivity index (χ2n) is 9.14. The molecule has 184 valence electrons. The van der Waals surface area contributed by atoms with E-state index in [0.717, 1.165) is 41.7 Å². The van der Waals surface area contributed by atoms with Gasteiger partial charge < -0.3 is 19.9 Å². The first-order valence-corrected chi connectivity index (χ1v) is 12.5. The molecule has 2 heterocycles. The van der Waals surface area contributed by atoms with Crippen LogP contribution in [0.15, 0.2) is 84.9 Å². The third-order valence-corrected chi connectivity index (χ3v) is 6.71. The first kappa shape index (κ1) is 23.9. The summed E-state index contributed by atoms with van der Waals surface area (Å²) in [6, 6.07) is 28.7. The van der Waals surface area contributed by atoms with Crippen LogP contribution in [-0.2, 0) is 0 Å². The van der Waals surface area contributed by atoms with Crippen molar-refractivity contribution < 1.29 is 4.74 Å². The van der Waals surface area contributed by atoms with Gasteiger partial charge in [0.1, 0.15) is 17.4 Å². The first-order chi connectivity index (χ1) is 17.5. The summed E-state index contributed by atoms with van der Waals surface area (Å²) in [5.74, 6) is 3.06. The molecule has 7 heteroatoms. The van der Waals surface area contributed by atoms with Gasteiger partial charge in [-0.15, -0.1) is 0 Å². The summed E-state index contributed by atoms with van der Waals surface area (Å²) in [5, 5.41) is 4.13. The highest BCUT2D eigenvalue weighted by Crippen LogP contribution is 2.30. The van der Waals surface area contributed by atoms with E-state index >= 15 is 0 Å². The molecule has 1 N–H and O–H groups in total. The molecule has 0 bridgehead atoms. The molecule has 1 aliphatic rings. The number of ether oxygens (including phenoxy) is 1. The molecular weight excluding hydrogens is 470 g/mol. The third kappa shape index (κ3) is 5.24. The van der Waals surface area contributed by atoms with Gasteiger partial charge in [0.25, 0.3) is 0 Å². The standard InChI is InChI=1S/C29H30ClN5O/c1-20-18-34(19-21(2)35(20)25-9-5-4-6-10-25)28-17-27(31-24-8-7-11-26(16-24)36-3)32-29(33-28)22-12-14-23(30)15-13-22/h4-17,20-21H,18-19H2,1-3H3,(H,31,32,33). The largest absolute Gasteiger partial charge is 0.497 e. The van der Waals surface area contributed by atoms with E-state index in [1.54, 1.807) is 7.11 Å². The molecule has 0 amide bonds. The maximum Gasteiger partial charge on any atom is 0.163 e. The molecule has 3 aromatic carbocycles. The lowest BCUT2D eigenvalue weighted by Gasteiger charge is -2.46. The van der Waals surface area contributed by atoms with E-state index in [-0.39, 0.29) is 0 Å². The third-order valence-electron chi connectivity index (χ3n) is 6.45. The van der Waals surface area contributed by atoms with Crippen molar-refractivity contribution in [3.8, 4) is 17.1 Å². The van der Waals surface area contributed by atoms with E-state index in [2.05, 4.69) is 59.3 Å². The molecule has 0 spiro atoms. The summed E-state index contributed by atoms with van der Waals surface area (Å²) in [6.07, 6.45) is 0. The summed E-state index contributed by atoms with van der Waals surface area (Å²) in [5.41, 5.74) is 3.07. The zero-order valence-corrected chi connectivity index (χ0v) is 21.5. The highest BCUT2D eigenvalue weighted by Gasteiger charge is 2.30. The number of piperazine rings is 1. The van der Waals surface area contributed by atoms with Gasteiger partial charge in [-0.25, -0.2) is 9.97 Å². The zero-order valence-electron chi connectivity index (χ0n) is 20.7. The van der Waals surface area contributed by atoms with Gasteiger partial charge in [-0.1, -0.05) is 35.9 Å². The summed E-state index contributed by atoms with van der Waals surface area (Å²) in [6.45, 7) is 6.25. The van der Waals surface area contributed by atoms with Gasteiger partial charge >= 0.3 is 0 Å². The van der Waals surface area contributed by atoms with Crippen LogP contribution in [0.4, 0.5) is 23.0 Å². The van der Waals surface area contributed by atoms with Gasteiger partial charge in [-0.05, 0) is 62.4 Å². The average molecular weight is 500 g/mol. The number of nitrogens with zero attached hydrogens (tertiary/aromatic N) is 4. The van der Waals surface area contributed by atoms with Gasteiger partial charge in [0.15, 0.2) is 5.82 Å². The molecule has 0 aliphatic carbocycles. The highest BCUT2D eigenvalue weighted by atomic mass is 35.5. The molecule has 0 radical (unpaired) electrons. The minimum Gasteiger partial charge on any atom is -0.497 e.